The standard InChI is InChI=1S/C28H28N2O6S/c1-4-36-26(31)18-37-22-12-8-11-21(17-22)29-28(33)23(30-27(32)20-9-6-5-7-10-20)15-19-13-14-24(34-2)25(16-19)35-3/h5-17H,4,18H2,1-3H3,(H,29,33)(H,30,32)/b23-15+. The Morgan fingerprint density at radius 1 is 0.892 bits per heavy atom. The van der Waals surface area contributed by atoms with Crippen LogP contribution in [0.2, 0.25) is 0 Å². The van der Waals surface area contributed by atoms with Gasteiger partial charge >= 0.3 is 5.97 Å². The number of anilines is 1. The Hall–Kier alpha value is -4.24. The molecule has 0 spiro atoms. The molecule has 0 radical (unpaired) electrons. The highest BCUT2D eigenvalue weighted by molar-refractivity contribution is 8.00. The van der Waals surface area contributed by atoms with Crippen molar-refractivity contribution < 1.29 is 28.6 Å². The van der Waals surface area contributed by atoms with E-state index in [0.29, 0.717) is 34.9 Å². The average Bonchev–Trinajstić information content (AvgIpc) is 2.92. The number of methoxy groups -OCH3 is 2. The predicted octanol–water partition coefficient (Wildman–Crippen LogP) is 4.77. The van der Waals surface area contributed by atoms with Crippen molar-refractivity contribution in [3.05, 3.63) is 89.6 Å². The van der Waals surface area contributed by atoms with Gasteiger partial charge in [-0.05, 0) is 61.0 Å². The van der Waals surface area contributed by atoms with E-state index < -0.39 is 11.8 Å². The molecule has 0 aromatic heterocycles. The summed E-state index contributed by atoms with van der Waals surface area (Å²) >= 11 is 1.30. The molecule has 0 bridgehead atoms. The second-order valence-electron chi connectivity index (χ2n) is 7.57. The third-order valence-electron chi connectivity index (χ3n) is 5.00. The molecule has 3 aromatic carbocycles. The molecule has 37 heavy (non-hydrogen) atoms. The van der Waals surface area contributed by atoms with E-state index in [-0.39, 0.29) is 17.4 Å². The normalized spacial score (nSPS) is 10.8. The van der Waals surface area contributed by atoms with E-state index in [1.165, 1.54) is 26.0 Å². The zero-order valence-electron chi connectivity index (χ0n) is 20.8. The van der Waals surface area contributed by atoms with Gasteiger partial charge in [0.1, 0.15) is 5.70 Å². The predicted molar refractivity (Wildman–Crippen MR) is 144 cm³/mol. The van der Waals surface area contributed by atoms with Crippen molar-refractivity contribution >= 4 is 41.3 Å². The summed E-state index contributed by atoms with van der Waals surface area (Å²) in [5.41, 5.74) is 1.57. The summed E-state index contributed by atoms with van der Waals surface area (Å²) in [5.74, 6) is -0.0885. The highest BCUT2D eigenvalue weighted by Crippen LogP contribution is 2.28. The Morgan fingerprint density at radius 2 is 1.65 bits per heavy atom. The SMILES string of the molecule is CCOC(=O)CSc1cccc(NC(=O)/C(=C\c2ccc(OC)c(OC)c2)NC(=O)c2ccccc2)c1. The molecule has 0 heterocycles. The fourth-order valence-corrected chi connectivity index (χ4v) is 4.01. The summed E-state index contributed by atoms with van der Waals surface area (Å²) in [4.78, 5) is 38.6. The zero-order valence-corrected chi connectivity index (χ0v) is 21.6. The maximum Gasteiger partial charge on any atom is 0.316 e. The Labute approximate surface area is 220 Å². The Balaban J connectivity index is 1.85. The van der Waals surface area contributed by atoms with Crippen molar-refractivity contribution in [1.82, 2.24) is 5.32 Å². The van der Waals surface area contributed by atoms with Crippen LogP contribution in [-0.4, -0.2) is 44.4 Å². The van der Waals surface area contributed by atoms with Gasteiger partial charge in [0.2, 0.25) is 0 Å². The van der Waals surface area contributed by atoms with E-state index in [9.17, 15) is 14.4 Å². The summed E-state index contributed by atoms with van der Waals surface area (Å²) in [5, 5.41) is 5.52. The van der Waals surface area contributed by atoms with Gasteiger partial charge in [-0.2, -0.15) is 0 Å². The minimum Gasteiger partial charge on any atom is -0.493 e. The molecule has 9 heteroatoms. The molecular weight excluding hydrogens is 492 g/mol. The molecule has 3 rings (SSSR count). The quantitative estimate of drug-likeness (QED) is 0.213. The molecule has 0 saturated heterocycles. The van der Waals surface area contributed by atoms with E-state index in [4.69, 9.17) is 14.2 Å². The molecule has 0 aliphatic rings. The molecule has 3 aromatic rings. The van der Waals surface area contributed by atoms with Crippen molar-refractivity contribution in [1.29, 1.82) is 0 Å². The molecular formula is C28H28N2O6S. The van der Waals surface area contributed by atoms with Crippen molar-refractivity contribution in [3.8, 4) is 11.5 Å². The molecule has 2 N–H and O–H groups in total. The van der Waals surface area contributed by atoms with Crippen molar-refractivity contribution in [2.45, 2.75) is 11.8 Å². The monoisotopic (exact) mass is 520 g/mol. The molecule has 0 atom stereocenters. The maximum absolute atomic E-state index is 13.3. The summed E-state index contributed by atoms with van der Waals surface area (Å²) in [6.45, 7) is 2.07. The van der Waals surface area contributed by atoms with Crippen LogP contribution >= 0.6 is 11.8 Å². The molecule has 0 aliphatic carbocycles. The number of benzene rings is 3. The van der Waals surface area contributed by atoms with Gasteiger partial charge in [-0.3, -0.25) is 14.4 Å². The number of hydrogen-bond acceptors (Lipinski definition) is 7. The number of hydrogen-bond donors (Lipinski definition) is 2. The van der Waals surface area contributed by atoms with Crippen LogP contribution in [0, 0.1) is 0 Å². The van der Waals surface area contributed by atoms with Crippen LogP contribution in [0.15, 0.2) is 83.4 Å². The number of rotatable bonds is 11. The first kappa shape index (κ1) is 27.3. The van der Waals surface area contributed by atoms with Crippen molar-refractivity contribution in [2.24, 2.45) is 0 Å². The third kappa shape index (κ3) is 8.15. The van der Waals surface area contributed by atoms with Crippen LogP contribution in [-0.2, 0) is 14.3 Å². The molecule has 0 saturated carbocycles. The Kier molecular flexibility index (Phi) is 10.2. The number of carbonyl (C=O) groups is 3. The van der Waals surface area contributed by atoms with E-state index in [1.54, 1.807) is 79.7 Å². The van der Waals surface area contributed by atoms with Crippen LogP contribution in [0.5, 0.6) is 11.5 Å². The largest absolute Gasteiger partial charge is 0.493 e. The topological polar surface area (TPSA) is 103 Å². The van der Waals surface area contributed by atoms with Gasteiger partial charge in [0.05, 0.1) is 26.6 Å². The van der Waals surface area contributed by atoms with Crippen LogP contribution < -0.4 is 20.1 Å². The van der Waals surface area contributed by atoms with Gasteiger partial charge in [-0.25, -0.2) is 0 Å². The minimum atomic E-state index is -0.522. The second kappa shape index (κ2) is 13.7. The van der Waals surface area contributed by atoms with Gasteiger partial charge < -0.3 is 24.8 Å². The van der Waals surface area contributed by atoms with E-state index in [0.717, 1.165) is 4.90 Å². The zero-order chi connectivity index (χ0) is 26.6. The fraction of sp³-hybridized carbons (Fsp3) is 0.179. The van der Waals surface area contributed by atoms with Gasteiger partial charge in [0.25, 0.3) is 11.8 Å². The molecule has 2 amide bonds. The summed E-state index contributed by atoms with van der Waals surface area (Å²) < 4.78 is 15.6. The van der Waals surface area contributed by atoms with E-state index >= 15 is 0 Å². The number of ether oxygens (including phenoxy) is 3. The highest BCUT2D eigenvalue weighted by Gasteiger charge is 2.16. The number of carbonyl (C=O) groups excluding carboxylic acids is 3. The van der Waals surface area contributed by atoms with Crippen LogP contribution in [0.3, 0.4) is 0 Å². The summed E-state index contributed by atoms with van der Waals surface area (Å²) in [7, 11) is 3.05. The van der Waals surface area contributed by atoms with E-state index in [2.05, 4.69) is 10.6 Å². The average molecular weight is 521 g/mol. The van der Waals surface area contributed by atoms with Gasteiger partial charge in [0, 0.05) is 16.1 Å². The third-order valence-corrected chi connectivity index (χ3v) is 5.97. The first-order chi connectivity index (χ1) is 17.9. The van der Waals surface area contributed by atoms with Gasteiger partial charge in [-0.1, -0.05) is 30.3 Å². The Bertz CT molecular complexity index is 1280. The fourth-order valence-electron chi connectivity index (χ4n) is 3.26. The summed E-state index contributed by atoms with van der Waals surface area (Å²) in [6.07, 6.45) is 1.55. The minimum absolute atomic E-state index is 0.0330. The molecule has 0 unspecified atom stereocenters. The lowest BCUT2D eigenvalue weighted by Gasteiger charge is -2.13. The molecule has 8 nitrogen and oxygen atoms in total. The van der Waals surface area contributed by atoms with Gasteiger partial charge in [0.15, 0.2) is 11.5 Å². The second-order valence-corrected chi connectivity index (χ2v) is 8.62. The number of nitrogens with one attached hydrogen (secondary N) is 2. The van der Waals surface area contributed by atoms with Crippen molar-refractivity contribution in [2.75, 3.05) is 31.9 Å². The molecule has 0 fully saturated rings. The van der Waals surface area contributed by atoms with Crippen LogP contribution in [0.1, 0.15) is 22.8 Å². The lowest BCUT2D eigenvalue weighted by Crippen LogP contribution is -2.30. The first-order valence-corrected chi connectivity index (χ1v) is 12.4. The lowest BCUT2D eigenvalue weighted by molar-refractivity contribution is -0.139. The number of thioether (sulfide) groups is 1. The van der Waals surface area contributed by atoms with Crippen LogP contribution in [0.25, 0.3) is 6.08 Å². The maximum atomic E-state index is 13.3. The highest BCUT2D eigenvalue weighted by atomic mass is 32.2. The van der Waals surface area contributed by atoms with E-state index in [1.807, 2.05) is 6.07 Å². The smallest absolute Gasteiger partial charge is 0.316 e. The number of esters is 1. The Morgan fingerprint density at radius 3 is 2.35 bits per heavy atom. The first-order valence-electron chi connectivity index (χ1n) is 11.4. The van der Waals surface area contributed by atoms with Gasteiger partial charge in [-0.15, -0.1) is 11.8 Å². The molecule has 192 valence electrons. The summed E-state index contributed by atoms with van der Waals surface area (Å²) in [6, 6.07) is 20.8. The van der Waals surface area contributed by atoms with Crippen molar-refractivity contribution in [3.63, 3.8) is 0 Å². The number of amides is 2. The lowest BCUT2D eigenvalue weighted by atomic mass is 10.1. The van der Waals surface area contributed by atoms with Crippen LogP contribution in [0.4, 0.5) is 5.69 Å². The molecule has 0 aliphatic heterocycles.